The molecule has 6 nitrogen and oxygen atoms in total. The fraction of sp³-hybridized carbons (Fsp3) is 0.375. The first-order chi connectivity index (χ1) is 11.6. The molecule has 1 aromatic carbocycles. The lowest BCUT2D eigenvalue weighted by Crippen LogP contribution is -2.28. The van der Waals surface area contributed by atoms with Gasteiger partial charge in [-0.2, -0.15) is 0 Å². The van der Waals surface area contributed by atoms with Crippen molar-refractivity contribution in [2.45, 2.75) is 25.2 Å². The van der Waals surface area contributed by atoms with Crippen molar-refractivity contribution in [1.29, 1.82) is 0 Å². The van der Waals surface area contributed by atoms with Crippen LogP contribution in [0.5, 0.6) is 0 Å². The van der Waals surface area contributed by atoms with Gasteiger partial charge < -0.3 is 10.2 Å². The van der Waals surface area contributed by atoms with E-state index in [9.17, 15) is 9.59 Å². The van der Waals surface area contributed by atoms with Crippen molar-refractivity contribution in [3.05, 3.63) is 33.7 Å². The van der Waals surface area contributed by atoms with E-state index in [0.717, 1.165) is 28.0 Å². The van der Waals surface area contributed by atoms with Crippen LogP contribution < -0.4 is 10.2 Å². The minimum atomic E-state index is -0.371. The summed E-state index contributed by atoms with van der Waals surface area (Å²) in [7, 11) is 0. The lowest BCUT2D eigenvalue weighted by atomic mass is 10.1. The summed E-state index contributed by atoms with van der Waals surface area (Å²) >= 11 is 4.84. The van der Waals surface area contributed by atoms with Gasteiger partial charge in [0.25, 0.3) is 0 Å². The van der Waals surface area contributed by atoms with Crippen LogP contribution in [0.2, 0.25) is 0 Å². The van der Waals surface area contributed by atoms with Gasteiger partial charge in [-0.1, -0.05) is 33.3 Å². The number of halogens is 1. The molecule has 2 amide bonds. The van der Waals surface area contributed by atoms with E-state index in [1.54, 1.807) is 4.90 Å². The van der Waals surface area contributed by atoms with Crippen LogP contribution >= 0.6 is 27.3 Å². The molecule has 0 unspecified atom stereocenters. The minimum absolute atomic E-state index is 0.0378. The summed E-state index contributed by atoms with van der Waals surface area (Å²) in [5.41, 5.74) is 0.802. The molecule has 4 rings (SSSR count). The van der Waals surface area contributed by atoms with Gasteiger partial charge in [0.05, 0.1) is 5.92 Å². The highest BCUT2D eigenvalue weighted by Gasteiger charge is 2.36. The van der Waals surface area contributed by atoms with Crippen molar-refractivity contribution < 1.29 is 9.59 Å². The van der Waals surface area contributed by atoms with Crippen LogP contribution in [0.15, 0.2) is 28.7 Å². The molecule has 8 heteroatoms. The maximum Gasteiger partial charge on any atom is 0.231 e. The highest BCUT2D eigenvalue weighted by atomic mass is 79.9. The number of amides is 2. The summed E-state index contributed by atoms with van der Waals surface area (Å²) in [4.78, 5) is 26.4. The Morgan fingerprint density at radius 2 is 2.17 bits per heavy atom. The number of hydrogen-bond donors (Lipinski definition) is 1. The third kappa shape index (κ3) is 3.21. The number of nitrogens with one attached hydrogen (secondary N) is 1. The summed E-state index contributed by atoms with van der Waals surface area (Å²) in [6.45, 7) is 0.384. The average Bonchev–Trinajstić information content (AvgIpc) is 3.18. The number of nitrogens with zero attached hydrogens (tertiary/aromatic N) is 3. The number of hydrogen-bond acceptors (Lipinski definition) is 5. The van der Waals surface area contributed by atoms with E-state index in [1.807, 2.05) is 24.3 Å². The average molecular weight is 407 g/mol. The number of benzene rings is 1. The Hall–Kier alpha value is -1.80. The standard InChI is InChI=1S/C16H15BrN4O2S/c17-11-2-1-3-12(7-11)21-8-10(6-13(21)22)14(23)18-16-20-19-15(24-16)9-4-5-9/h1-3,7,9-10H,4-6,8H2,(H,18,20,23)/t10-/m0/s1. The number of rotatable bonds is 4. The van der Waals surface area contributed by atoms with E-state index in [1.165, 1.54) is 11.3 Å². The molecule has 124 valence electrons. The largest absolute Gasteiger partial charge is 0.312 e. The molecule has 1 aliphatic carbocycles. The molecule has 1 aromatic heterocycles. The molecule has 0 spiro atoms. The third-order valence-electron chi connectivity index (χ3n) is 4.21. The monoisotopic (exact) mass is 406 g/mol. The van der Waals surface area contributed by atoms with Gasteiger partial charge in [0.2, 0.25) is 16.9 Å². The van der Waals surface area contributed by atoms with Gasteiger partial charge in [-0.25, -0.2) is 0 Å². The molecule has 1 atom stereocenters. The molecule has 0 bridgehead atoms. The van der Waals surface area contributed by atoms with Crippen molar-refractivity contribution in [2.24, 2.45) is 5.92 Å². The van der Waals surface area contributed by atoms with Crippen LogP contribution in [0, 0.1) is 5.92 Å². The van der Waals surface area contributed by atoms with Crippen LogP contribution in [0.25, 0.3) is 0 Å². The smallest absolute Gasteiger partial charge is 0.231 e. The van der Waals surface area contributed by atoms with Crippen LogP contribution in [0.4, 0.5) is 10.8 Å². The van der Waals surface area contributed by atoms with E-state index in [4.69, 9.17) is 0 Å². The van der Waals surface area contributed by atoms with Gasteiger partial charge in [-0.15, -0.1) is 10.2 Å². The molecule has 2 aromatic rings. The van der Waals surface area contributed by atoms with Crippen molar-refractivity contribution in [2.75, 3.05) is 16.8 Å². The van der Waals surface area contributed by atoms with E-state index in [-0.39, 0.29) is 24.2 Å². The van der Waals surface area contributed by atoms with Gasteiger partial charge in [0.15, 0.2) is 0 Å². The van der Waals surface area contributed by atoms with Crippen molar-refractivity contribution in [1.82, 2.24) is 10.2 Å². The first-order valence-electron chi connectivity index (χ1n) is 7.80. The first kappa shape index (κ1) is 15.7. The first-order valence-corrected chi connectivity index (χ1v) is 9.41. The maximum absolute atomic E-state index is 12.4. The Balaban J connectivity index is 1.42. The van der Waals surface area contributed by atoms with Gasteiger partial charge in [-0.05, 0) is 31.0 Å². The lowest BCUT2D eigenvalue weighted by molar-refractivity contribution is -0.122. The Morgan fingerprint density at radius 1 is 1.33 bits per heavy atom. The van der Waals surface area contributed by atoms with Gasteiger partial charge in [-0.3, -0.25) is 9.59 Å². The van der Waals surface area contributed by atoms with E-state index in [0.29, 0.717) is 17.6 Å². The van der Waals surface area contributed by atoms with Gasteiger partial charge in [0, 0.05) is 29.0 Å². The highest BCUT2D eigenvalue weighted by molar-refractivity contribution is 9.10. The van der Waals surface area contributed by atoms with E-state index >= 15 is 0 Å². The van der Waals surface area contributed by atoms with Crippen molar-refractivity contribution in [3.8, 4) is 0 Å². The molecular weight excluding hydrogens is 392 g/mol. The molecule has 2 heterocycles. The Labute approximate surface area is 151 Å². The number of anilines is 2. The van der Waals surface area contributed by atoms with Crippen LogP contribution in [0.1, 0.15) is 30.2 Å². The third-order valence-corrected chi connectivity index (χ3v) is 5.71. The second-order valence-corrected chi connectivity index (χ2v) is 8.02. The molecular formula is C16H15BrN4O2S. The zero-order valence-electron chi connectivity index (χ0n) is 12.7. The summed E-state index contributed by atoms with van der Waals surface area (Å²) in [5, 5.41) is 12.5. The molecule has 24 heavy (non-hydrogen) atoms. The molecule has 0 radical (unpaired) electrons. The molecule has 1 aliphatic heterocycles. The normalized spacial score (nSPS) is 20.5. The summed E-state index contributed by atoms with van der Waals surface area (Å²) in [6, 6.07) is 7.53. The summed E-state index contributed by atoms with van der Waals surface area (Å²) < 4.78 is 0.905. The molecule has 1 N–H and O–H groups in total. The predicted molar refractivity (Wildman–Crippen MR) is 95.1 cm³/mol. The van der Waals surface area contributed by atoms with Crippen LogP contribution in [-0.2, 0) is 9.59 Å². The Kier molecular flexibility index (Phi) is 4.09. The second-order valence-electron chi connectivity index (χ2n) is 6.09. The number of carbonyl (C=O) groups is 2. The zero-order valence-corrected chi connectivity index (χ0v) is 15.1. The highest BCUT2D eigenvalue weighted by Crippen LogP contribution is 2.42. The molecule has 2 fully saturated rings. The second kappa shape index (κ2) is 6.25. The minimum Gasteiger partial charge on any atom is -0.312 e. The molecule has 1 saturated heterocycles. The Bertz CT molecular complexity index is 805. The zero-order chi connectivity index (χ0) is 16.7. The Morgan fingerprint density at radius 3 is 2.92 bits per heavy atom. The quantitative estimate of drug-likeness (QED) is 0.845. The molecule has 1 saturated carbocycles. The van der Waals surface area contributed by atoms with Gasteiger partial charge >= 0.3 is 0 Å². The van der Waals surface area contributed by atoms with Crippen LogP contribution in [-0.4, -0.2) is 28.6 Å². The topological polar surface area (TPSA) is 75.2 Å². The lowest BCUT2D eigenvalue weighted by Gasteiger charge is -2.16. The summed E-state index contributed by atoms with van der Waals surface area (Å²) in [6.07, 6.45) is 2.52. The maximum atomic E-state index is 12.4. The van der Waals surface area contributed by atoms with Crippen molar-refractivity contribution in [3.63, 3.8) is 0 Å². The molecule has 2 aliphatic rings. The summed E-state index contributed by atoms with van der Waals surface area (Å²) in [5.74, 6) is -0.0542. The SMILES string of the molecule is O=C(Nc1nnc(C2CC2)s1)[C@H]1CC(=O)N(c2cccc(Br)c2)C1. The van der Waals surface area contributed by atoms with Crippen LogP contribution in [0.3, 0.4) is 0 Å². The van der Waals surface area contributed by atoms with Crippen molar-refractivity contribution >= 4 is 49.9 Å². The number of aromatic nitrogens is 2. The fourth-order valence-electron chi connectivity index (χ4n) is 2.76. The number of carbonyl (C=O) groups excluding carboxylic acids is 2. The van der Waals surface area contributed by atoms with Gasteiger partial charge in [0.1, 0.15) is 5.01 Å². The van der Waals surface area contributed by atoms with E-state index < -0.39 is 0 Å². The predicted octanol–water partition coefficient (Wildman–Crippen LogP) is 3.17. The fourth-order valence-corrected chi connectivity index (χ4v) is 4.07. The van der Waals surface area contributed by atoms with E-state index in [2.05, 4.69) is 31.4 Å².